The van der Waals surface area contributed by atoms with Crippen LogP contribution in [0.3, 0.4) is 0 Å². The Morgan fingerprint density at radius 2 is 1.97 bits per heavy atom. The molecule has 1 N–H and O–H groups in total. The Morgan fingerprint density at radius 1 is 1.27 bits per heavy atom. The van der Waals surface area contributed by atoms with Crippen molar-refractivity contribution in [2.24, 2.45) is 5.92 Å². The third-order valence-corrected chi connectivity index (χ3v) is 5.65. The second kappa shape index (κ2) is 9.09. The number of thioether (sulfide) groups is 1. The molecule has 0 saturated carbocycles. The highest BCUT2D eigenvalue weighted by Gasteiger charge is 2.40. The van der Waals surface area contributed by atoms with Crippen molar-refractivity contribution in [1.82, 2.24) is 4.98 Å². The molecule has 2 aromatic rings. The van der Waals surface area contributed by atoms with Gasteiger partial charge in [0.15, 0.2) is 0 Å². The molecule has 3 amide bonds. The lowest BCUT2D eigenvalue weighted by molar-refractivity contribution is -0.121. The van der Waals surface area contributed by atoms with Crippen molar-refractivity contribution in [3.05, 3.63) is 47.7 Å². The second-order valence-corrected chi connectivity index (χ2v) is 8.66. The smallest absolute Gasteiger partial charge is 0.247 e. The number of carbonyl (C=O) groups is 3. The first-order valence-electron chi connectivity index (χ1n) is 9.59. The van der Waals surface area contributed by atoms with Gasteiger partial charge in [0, 0.05) is 24.7 Å². The van der Waals surface area contributed by atoms with E-state index >= 15 is 0 Å². The standard InChI is InChI=1S/C22H22N4O3S/c1-13(2)10-17-5-4-15(12-23)21(25-17)30-19-11-20(28)26(22(19)29)18-8-6-16(7-9-18)24-14(3)27/h4-9,13,19H,10-11H2,1-3H3,(H,24,27). The third-order valence-electron chi connectivity index (χ3n) is 4.46. The van der Waals surface area contributed by atoms with Crippen LogP contribution in [0, 0.1) is 17.2 Å². The van der Waals surface area contributed by atoms with Gasteiger partial charge in [-0.2, -0.15) is 5.26 Å². The van der Waals surface area contributed by atoms with E-state index in [1.54, 1.807) is 30.3 Å². The minimum Gasteiger partial charge on any atom is -0.326 e. The monoisotopic (exact) mass is 422 g/mol. The molecular formula is C22H22N4O3S. The SMILES string of the molecule is CC(=O)Nc1ccc(N2C(=O)CC(Sc3nc(CC(C)C)ccc3C#N)C2=O)cc1. The number of carbonyl (C=O) groups excluding carboxylic acids is 3. The van der Waals surface area contributed by atoms with Gasteiger partial charge in [-0.3, -0.25) is 14.4 Å². The van der Waals surface area contributed by atoms with Crippen LogP contribution < -0.4 is 10.2 Å². The number of hydrogen-bond donors (Lipinski definition) is 1. The summed E-state index contributed by atoms with van der Waals surface area (Å²) in [6, 6.07) is 12.2. The van der Waals surface area contributed by atoms with Crippen molar-refractivity contribution in [2.75, 3.05) is 10.2 Å². The summed E-state index contributed by atoms with van der Waals surface area (Å²) in [4.78, 5) is 42.4. The summed E-state index contributed by atoms with van der Waals surface area (Å²) >= 11 is 1.16. The molecule has 1 unspecified atom stereocenters. The molecule has 0 spiro atoms. The molecule has 1 aliphatic rings. The molecule has 154 valence electrons. The number of nitriles is 1. The Morgan fingerprint density at radius 3 is 2.57 bits per heavy atom. The molecule has 0 aliphatic carbocycles. The highest BCUT2D eigenvalue weighted by molar-refractivity contribution is 8.00. The lowest BCUT2D eigenvalue weighted by Crippen LogP contribution is -2.31. The minimum atomic E-state index is -0.638. The van der Waals surface area contributed by atoms with Crippen LogP contribution in [0.1, 0.15) is 38.4 Å². The van der Waals surface area contributed by atoms with E-state index in [1.807, 2.05) is 6.07 Å². The predicted octanol–water partition coefficient (Wildman–Crippen LogP) is 3.53. The number of nitrogens with one attached hydrogen (secondary N) is 1. The molecule has 1 atom stereocenters. The number of benzene rings is 1. The fourth-order valence-corrected chi connectivity index (χ4v) is 4.30. The Bertz CT molecular complexity index is 1030. The fraction of sp³-hybridized carbons (Fsp3) is 0.318. The molecule has 7 nitrogen and oxygen atoms in total. The van der Waals surface area contributed by atoms with Crippen LogP contribution in [-0.2, 0) is 20.8 Å². The number of nitrogens with zero attached hydrogens (tertiary/aromatic N) is 3. The van der Waals surface area contributed by atoms with Gasteiger partial charge in [-0.15, -0.1) is 0 Å². The van der Waals surface area contributed by atoms with Gasteiger partial charge in [0.2, 0.25) is 17.7 Å². The number of imide groups is 1. The van der Waals surface area contributed by atoms with Gasteiger partial charge < -0.3 is 5.32 Å². The molecule has 0 radical (unpaired) electrons. The van der Waals surface area contributed by atoms with Crippen LogP contribution >= 0.6 is 11.8 Å². The first kappa shape index (κ1) is 21.5. The maximum Gasteiger partial charge on any atom is 0.247 e. The van der Waals surface area contributed by atoms with Crippen LogP contribution in [0.25, 0.3) is 0 Å². The molecule has 8 heteroatoms. The topological polar surface area (TPSA) is 103 Å². The molecule has 3 rings (SSSR count). The van der Waals surface area contributed by atoms with E-state index in [4.69, 9.17) is 0 Å². The molecule has 1 fully saturated rings. The van der Waals surface area contributed by atoms with Gasteiger partial charge in [0.1, 0.15) is 11.1 Å². The van der Waals surface area contributed by atoms with E-state index in [0.29, 0.717) is 27.9 Å². The molecule has 1 aliphatic heterocycles. The normalized spacial score (nSPS) is 16.1. The van der Waals surface area contributed by atoms with Crippen molar-refractivity contribution in [3.8, 4) is 6.07 Å². The minimum absolute atomic E-state index is 0.0396. The zero-order chi connectivity index (χ0) is 21.8. The van der Waals surface area contributed by atoms with Gasteiger partial charge in [-0.25, -0.2) is 9.88 Å². The van der Waals surface area contributed by atoms with Crippen LogP contribution in [-0.4, -0.2) is 28.0 Å². The van der Waals surface area contributed by atoms with Crippen LogP contribution in [0.4, 0.5) is 11.4 Å². The Kier molecular flexibility index (Phi) is 6.53. The number of anilines is 2. The summed E-state index contributed by atoms with van der Waals surface area (Å²) in [5.74, 6) is -0.430. The van der Waals surface area contributed by atoms with Crippen molar-refractivity contribution in [2.45, 2.75) is 43.9 Å². The van der Waals surface area contributed by atoms with E-state index in [0.717, 1.165) is 28.8 Å². The highest BCUT2D eigenvalue weighted by Crippen LogP contribution is 2.35. The number of aromatic nitrogens is 1. The predicted molar refractivity (Wildman–Crippen MR) is 115 cm³/mol. The number of pyridine rings is 1. The first-order valence-corrected chi connectivity index (χ1v) is 10.5. The largest absolute Gasteiger partial charge is 0.326 e. The lowest BCUT2D eigenvalue weighted by atomic mass is 10.1. The van der Waals surface area contributed by atoms with E-state index in [-0.39, 0.29) is 24.1 Å². The number of rotatable bonds is 6. The summed E-state index contributed by atoms with van der Waals surface area (Å²) in [5.41, 5.74) is 2.28. The van der Waals surface area contributed by atoms with Gasteiger partial charge in [0.05, 0.1) is 16.5 Å². The van der Waals surface area contributed by atoms with Crippen LogP contribution in [0.2, 0.25) is 0 Å². The zero-order valence-corrected chi connectivity index (χ0v) is 17.8. The van der Waals surface area contributed by atoms with Gasteiger partial charge >= 0.3 is 0 Å². The van der Waals surface area contributed by atoms with E-state index in [1.165, 1.54) is 6.92 Å². The van der Waals surface area contributed by atoms with Crippen LogP contribution in [0.15, 0.2) is 41.4 Å². The first-order chi connectivity index (χ1) is 14.3. The Labute approximate surface area is 179 Å². The number of amides is 3. The summed E-state index contributed by atoms with van der Waals surface area (Å²) in [6.07, 6.45) is 0.807. The maximum absolute atomic E-state index is 12.9. The van der Waals surface area contributed by atoms with Crippen LogP contribution in [0.5, 0.6) is 0 Å². The van der Waals surface area contributed by atoms with E-state index in [9.17, 15) is 19.6 Å². The third kappa shape index (κ3) is 4.86. The fourth-order valence-electron chi connectivity index (χ4n) is 3.18. The van der Waals surface area contributed by atoms with Gasteiger partial charge in [-0.1, -0.05) is 25.6 Å². The van der Waals surface area contributed by atoms with Crippen molar-refractivity contribution in [3.63, 3.8) is 0 Å². The molecule has 1 aromatic carbocycles. The Hall–Kier alpha value is -3.18. The highest BCUT2D eigenvalue weighted by atomic mass is 32.2. The van der Waals surface area contributed by atoms with E-state index in [2.05, 4.69) is 30.2 Å². The van der Waals surface area contributed by atoms with Crippen molar-refractivity contribution in [1.29, 1.82) is 5.26 Å². The maximum atomic E-state index is 12.9. The lowest BCUT2D eigenvalue weighted by Gasteiger charge is -2.16. The molecular weight excluding hydrogens is 400 g/mol. The Balaban J connectivity index is 1.80. The number of hydrogen-bond acceptors (Lipinski definition) is 6. The molecule has 30 heavy (non-hydrogen) atoms. The van der Waals surface area contributed by atoms with E-state index < -0.39 is 5.25 Å². The molecule has 0 bridgehead atoms. The van der Waals surface area contributed by atoms with Crippen molar-refractivity contribution < 1.29 is 14.4 Å². The summed E-state index contributed by atoms with van der Waals surface area (Å²) < 4.78 is 0. The summed E-state index contributed by atoms with van der Waals surface area (Å²) in [7, 11) is 0. The average molecular weight is 423 g/mol. The van der Waals surface area contributed by atoms with Gasteiger partial charge in [-0.05, 0) is 48.7 Å². The summed E-state index contributed by atoms with van der Waals surface area (Å²) in [5, 5.41) is 11.9. The van der Waals surface area contributed by atoms with Gasteiger partial charge in [0.25, 0.3) is 0 Å². The summed E-state index contributed by atoms with van der Waals surface area (Å²) in [6.45, 7) is 5.57. The second-order valence-electron chi connectivity index (χ2n) is 7.47. The molecule has 1 saturated heterocycles. The zero-order valence-electron chi connectivity index (χ0n) is 17.0. The van der Waals surface area contributed by atoms with Crippen molar-refractivity contribution >= 4 is 40.9 Å². The molecule has 1 aromatic heterocycles. The average Bonchev–Trinajstić information content (AvgIpc) is 2.95. The quantitative estimate of drug-likeness (QED) is 0.714. The molecule has 2 heterocycles.